The molecule has 0 atom stereocenters. The molecule has 0 radical (unpaired) electrons. The lowest BCUT2D eigenvalue weighted by molar-refractivity contribution is 0.628. The van der Waals surface area contributed by atoms with Gasteiger partial charge in [-0.05, 0) is 23.8 Å². The number of terminal acetylenes is 1. The van der Waals surface area contributed by atoms with E-state index in [9.17, 15) is 4.39 Å². The summed E-state index contributed by atoms with van der Waals surface area (Å²) in [5.41, 5.74) is 2.48. The molecular weight excluding hydrogens is 189 g/mol. The second-order valence-corrected chi connectivity index (χ2v) is 3.07. The average molecular weight is 197 g/mol. The Kier molecular flexibility index (Phi) is 2.47. The number of nitrogens with zero attached hydrogens (tertiary/aromatic N) is 1. The molecular formula is C13H8FN. The molecule has 2 rings (SSSR count). The van der Waals surface area contributed by atoms with Crippen molar-refractivity contribution < 1.29 is 4.39 Å². The Morgan fingerprint density at radius 2 is 1.87 bits per heavy atom. The van der Waals surface area contributed by atoms with E-state index in [4.69, 9.17) is 6.42 Å². The molecule has 0 saturated heterocycles. The van der Waals surface area contributed by atoms with Crippen molar-refractivity contribution >= 4 is 0 Å². The van der Waals surface area contributed by atoms with E-state index >= 15 is 0 Å². The van der Waals surface area contributed by atoms with Crippen molar-refractivity contribution in [2.24, 2.45) is 0 Å². The van der Waals surface area contributed by atoms with E-state index in [-0.39, 0.29) is 5.82 Å². The minimum absolute atomic E-state index is 0.259. The molecule has 0 aliphatic carbocycles. The van der Waals surface area contributed by atoms with Crippen molar-refractivity contribution in [1.29, 1.82) is 0 Å². The quantitative estimate of drug-likeness (QED) is 0.640. The number of hydrogen-bond acceptors (Lipinski definition) is 1. The van der Waals surface area contributed by atoms with Crippen LogP contribution in [-0.4, -0.2) is 4.98 Å². The van der Waals surface area contributed by atoms with E-state index in [0.29, 0.717) is 0 Å². The lowest BCUT2D eigenvalue weighted by Crippen LogP contribution is -1.85. The molecule has 0 saturated carbocycles. The van der Waals surface area contributed by atoms with E-state index in [0.717, 1.165) is 16.7 Å². The van der Waals surface area contributed by atoms with Gasteiger partial charge >= 0.3 is 0 Å². The van der Waals surface area contributed by atoms with E-state index < -0.39 is 0 Å². The van der Waals surface area contributed by atoms with Crippen LogP contribution < -0.4 is 0 Å². The fraction of sp³-hybridized carbons (Fsp3) is 0. The van der Waals surface area contributed by atoms with Crippen molar-refractivity contribution in [3.8, 4) is 23.5 Å². The second-order valence-electron chi connectivity index (χ2n) is 3.07. The zero-order valence-corrected chi connectivity index (χ0v) is 7.94. The van der Waals surface area contributed by atoms with Crippen LogP contribution in [0.1, 0.15) is 5.56 Å². The Balaban J connectivity index is 2.55. The Labute approximate surface area is 87.6 Å². The third-order valence-electron chi connectivity index (χ3n) is 2.13. The largest absolute Gasteiger partial charge is 0.264 e. The third kappa shape index (κ3) is 1.87. The van der Waals surface area contributed by atoms with Crippen molar-refractivity contribution in [2.75, 3.05) is 0 Å². The first-order valence-corrected chi connectivity index (χ1v) is 4.48. The summed E-state index contributed by atoms with van der Waals surface area (Å²) in [5.74, 6) is 2.32. The summed E-state index contributed by atoms with van der Waals surface area (Å²) in [5, 5.41) is 0. The highest BCUT2D eigenvalue weighted by Crippen LogP contribution is 2.21. The van der Waals surface area contributed by atoms with Crippen LogP contribution in [0.25, 0.3) is 11.1 Å². The highest BCUT2D eigenvalue weighted by molar-refractivity contribution is 5.69. The minimum atomic E-state index is -0.259. The summed E-state index contributed by atoms with van der Waals surface area (Å²) >= 11 is 0. The van der Waals surface area contributed by atoms with Gasteiger partial charge in [-0.3, -0.25) is 4.98 Å². The standard InChI is InChI=1S/C13H8FN/c1-2-10-7-8-15-9-13(10)11-3-5-12(14)6-4-11/h1,3-9H. The minimum Gasteiger partial charge on any atom is -0.264 e. The van der Waals surface area contributed by atoms with Crippen LogP contribution in [0.5, 0.6) is 0 Å². The van der Waals surface area contributed by atoms with Gasteiger partial charge in [0.15, 0.2) is 0 Å². The van der Waals surface area contributed by atoms with Gasteiger partial charge in [0.2, 0.25) is 0 Å². The zero-order chi connectivity index (χ0) is 10.7. The first-order valence-electron chi connectivity index (χ1n) is 4.48. The summed E-state index contributed by atoms with van der Waals surface area (Å²) < 4.78 is 12.7. The van der Waals surface area contributed by atoms with Crippen LogP contribution >= 0.6 is 0 Å². The van der Waals surface area contributed by atoms with Gasteiger partial charge in [0.25, 0.3) is 0 Å². The Hall–Kier alpha value is -2.14. The van der Waals surface area contributed by atoms with E-state index in [1.165, 1.54) is 12.1 Å². The first-order chi connectivity index (χ1) is 7.31. The normalized spacial score (nSPS) is 9.60. The molecule has 2 aromatic rings. The highest BCUT2D eigenvalue weighted by atomic mass is 19.1. The van der Waals surface area contributed by atoms with Crippen molar-refractivity contribution in [3.63, 3.8) is 0 Å². The molecule has 0 spiro atoms. The predicted octanol–water partition coefficient (Wildman–Crippen LogP) is 2.87. The van der Waals surface area contributed by atoms with E-state index in [1.807, 2.05) is 0 Å². The first kappa shape index (κ1) is 9.42. The number of hydrogen-bond donors (Lipinski definition) is 0. The Morgan fingerprint density at radius 1 is 1.13 bits per heavy atom. The summed E-state index contributed by atoms with van der Waals surface area (Å²) in [7, 11) is 0. The monoisotopic (exact) mass is 197 g/mol. The zero-order valence-electron chi connectivity index (χ0n) is 7.94. The molecule has 15 heavy (non-hydrogen) atoms. The average Bonchev–Trinajstić information content (AvgIpc) is 2.30. The maximum Gasteiger partial charge on any atom is 0.123 e. The second kappa shape index (κ2) is 3.93. The molecule has 72 valence electrons. The van der Waals surface area contributed by atoms with Gasteiger partial charge in [0.1, 0.15) is 5.82 Å². The Morgan fingerprint density at radius 3 is 2.53 bits per heavy atom. The topological polar surface area (TPSA) is 12.9 Å². The molecule has 0 N–H and O–H groups in total. The van der Waals surface area contributed by atoms with Crippen molar-refractivity contribution in [1.82, 2.24) is 4.98 Å². The molecule has 1 aromatic carbocycles. The summed E-state index contributed by atoms with van der Waals surface area (Å²) in [6, 6.07) is 7.95. The van der Waals surface area contributed by atoms with Gasteiger partial charge < -0.3 is 0 Å². The molecule has 1 aromatic heterocycles. The number of halogens is 1. The van der Waals surface area contributed by atoms with Crippen molar-refractivity contribution in [2.45, 2.75) is 0 Å². The van der Waals surface area contributed by atoms with Gasteiger partial charge in [-0.25, -0.2) is 4.39 Å². The fourth-order valence-corrected chi connectivity index (χ4v) is 1.38. The molecule has 0 aliphatic heterocycles. The van der Waals surface area contributed by atoms with Crippen molar-refractivity contribution in [3.05, 3.63) is 54.1 Å². The van der Waals surface area contributed by atoms with Gasteiger partial charge in [0.05, 0.1) is 0 Å². The summed E-state index contributed by atoms with van der Waals surface area (Å²) in [6.45, 7) is 0. The number of benzene rings is 1. The van der Waals surface area contributed by atoms with Crippen LogP contribution in [0.4, 0.5) is 4.39 Å². The maximum absolute atomic E-state index is 12.7. The Bertz CT molecular complexity index is 509. The molecule has 0 aliphatic rings. The molecule has 0 bridgehead atoms. The van der Waals surface area contributed by atoms with E-state index in [2.05, 4.69) is 10.9 Å². The number of aromatic nitrogens is 1. The van der Waals surface area contributed by atoms with Gasteiger partial charge in [-0.1, -0.05) is 18.1 Å². The van der Waals surface area contributed by atoms with Crippen LogP contribution in [0.15, 0.2) is 42.7 Å². The van der Waals surface area contributed by atoms with Gasteiger partial charge in [-0.15, -0.1) is 6.42 Å². The predicted molar refractivity (Wildman–Crippen MR) is 57.6 cm³/mol. The SMILES string of the molecule is C#Cc1ccncc1-c1ccc(F)cc1. The molecule has 0 amide bonds. The highest BCUT2D eigenvalue weighted by Gasteiger charge is 2.02. The number of rotatable bonds is 1. The van der Waals surface area contributed by atoms with E-state index in [1.54, 1.807) is 30.6 Å². The summed E-state index contributed by atoms with van der Waals surface area (Å²) in [6.07, 6.45) is 8.69. The van der Waals surface area contributed by atoms with Crippen LogP contribution in [0.2, 0.25) is 0 Å². The lowest BCUT2D eigenvalue weighted by Gasteiger charge is -2.03. The summed E-state index contributed by atoms with van der Waals surface area (Å²) in [4.78, 5) is 4.00. The van der Waals surface area contributed by atoms with Crippen LogP contribution in [0, 0.1) is 18.2 Å². The molecule has 1 heterocycles. The third-order valence-corrected chi connectivity index (χ3v) is 2.13. The lowest BCUT2D eigenvalue weighted by atomic mass is 10.0. The molecule has 0 fully saturated rings. The van der Waals surface area contributed by atoms with Crippen LogP contribution in [0.3, 0.4) is 0 Å². The fourth-order valence-electron chi connectivity index (χ4n) is 1.38. The van der Waals surface area contributed by atoms with Crippen LogP contribution in [-0.2, 0) is 0 Å². The molecule has 1 nitrogen and oxygen atoms in total. The smallest absolute Gasteiger partial charge is 0.123 e. The molecule has 2 heteroatoms. The molecule has 0 unspecified atom stereocenters. The van der Waals surface area contributed by atoms with Gasteiger partial charge in [-0.2, -0.15) is 0 Å². The maximum atomic E-state index is 12.7. The number of pyridine rings is 1. The van der Waals surface area contributed by atoms with Gasteiger partial charge in [0, 0.05) is 23.5 Å².